The Bertz CT molecular complexity index is 770. The molecule has 0 aliphatic rings. The van der Waals surface area contributed by atoms with Crippen molar-refractivity contribution < 1.29 is 29.1 Å². The van der Waals surface area contributed by atoms with Crippen LogP contribution in [0.15, 0.2) is 30.3 Å². The van der Waals surface area contributed by atoms with Crippen molar-refractivity contribution in [1.29, 1.82) is 0 Å². The molecule has 1 aromatic rings. The third-order valence-corrected chi connectivity index (χ3v) is 4.25. The number of carbonyl (C=O) groups excluding carboxylic acids is 4. The molecule has 11 heteroatoms. The van der Waals surface area contributed by atoms with E-state index < -0.39 is 47.7 Å². The Balaban J connectivity index is 2.84. The van der Waals surface area contributed by atoms with Crippen molar-refractivity contribution in [3.63, 3.8) is 0 Å². The maximum Gasteiger partial charge on any atom is 0.326 e. The summed E-state index contributed by atoms with van der Waals surface area (Å²) in [5.41, 5.74) is 16.5. The van der Waals surface area contributed by atoms with Crippen LogP contribution in [0.5, 0.6) is 0 Å². The maximum absolute atomic E-state index is 12.6. The first-order chi connectivity index (χ1) is 14.1. The Labute approximate surface area is 173 Å². The van der Waals surface area contributed by atoms with E-state index >= 15 is 0 Å². The SMILES string of the molecule is NC(=O)CC[C@H](NC(=O)[C@@H](N)CCC(N)=O)C(=O)N[C@@H](Cc1ccccc1)C(=O)O. The monoisotopic (exact) mass is 421 g/mol. The van der Waals surface area contributed by atoms with Gasteiger partial charge >= 0.3 is 5.97 Å². The molecular formula is C19H27N5O6. The molecule has 11 nitrogen and oxygen atoms in total. The molecule has 0 aliphatic carbocycles. The molecule has 0 spiro atoms. The van der Waals surface area contributed by atoms with E-state index in [0.717, 1.165) is 0 Å². The number of hydrogen-bond acceptors (Lipinski definition) is 6. The highest BCUT2D eigenvalue weighted by molar-refractivity contribution is 5.92. The summed E-state index contributed by atoms with van der Waals surface area (Å²) in [7, 11) is 0. The van der Waals surface area contributed by atoms with Crippen molar-refractivity contribution in [3.8, 4) is 0 Å². The largest absolute Gasteiger partial charge is 0.480 e. The van der Waals surface area contributed by atoms with Crippen molar-refractivity contribution in [3.05, 3.63) is 35.9 Å². The van der Waals surface area contributed by atoms with Crippen LogP contribution in [-0.2, 0) is 30.4 Å². The summed E-state index contributed by atoms with van der Waals surface area (Å²) in [5.74, 6) is -4.12. The number of aliphatic carboxylic acids is 1. The number of nitrogens with two attached hydrogens (primary N) is 3. The lowest BCUT2D eigenvalue weighted by atomic mass is 10.0. The molecule has 0 saturated heterocycles. The van der Waals surface area contributed by atoms with Gasteiger partial charge in [-0.1, -0.05) is 30.3 Å². The van der Waals surface area contributed by atoms with Crippen molar-refractivity contribution in [1.82, 2.24) is 10.6 Å². The van der Waals surface area contributed by atoms with Gasteiger partial charge in [-0.25, -0.2) is 4.79 Å². The summed E-state index contributed by atoms with van der Waals surface area (Å²) in [5, 5.41) is 14.2. The third kappa shape index (κ3) is 9.15. The van der Waals surface area contributed by atoms with Gasteiger partial charge in [-0.3, -0.25) is 19.2 Å². The van der Waals surface area contributed by atoms with E-state index in [9.17, 15) is 29.1 Å². The summed E-state index contributed by atoms with van der Waals surface area (Å²) in [4.78, 5) is 58.4. The van der Waals surface area contributed by atoms with Crippen molar-refractivity contribution in [2.45, 2.75) is 50.2 Å². The van der Waals surface area contributed by atoms with E-state index in [0.29, 0.717) is 5.56 Å². The molecule has 0 unspecified atom stereocenters. The molecule has 0 fully saturated rings. The first kappa shape index (κ1) is 24.6. The zero-order valence-corrected chi connectivity index (χ0v) is 16.4. The lowest BCUT2D eigenvalue weighted by Crippen LogP contribution is -2.55. The predicted molar refractivity (Wildman–Crippen MR) is 106 cm³/mol. The number of hydrogen-bond donors (Lipinski definition) is 6. The van der Waals surface area contributed by atoms with Crippen LogP contribution >= 0.6 is 0 Å². The zero-order chi connectivity index (χ0) is 22.7. The van der Waals surface area contributed by atoms with E-state index in [4.69, 9.17) is 17.2 Å². The standard InChI is InChI=1S/C19H27N5O6/c20-12(6-8-15(21)25)17(27)23-13(7-9-16(22)26)18(28)24-14(19(29)30)10-11-4-2-1-3-5-11/h1-5,12-14H,6-10,20H2,(H2,21,25)(H2,22,26)(H,23,27)(H,24,28)(H,29,30)/t12-,13-,14-/m0/s1. The first-order valence-electron chi connectivity index (χ1n) is 9.29. The highest BCUT2D eigenvalue weighted by atomic mass is 16.4. The zero-order valence-electron chi connectivity index (χ0n) is 16.4. The van der Waals surface area contributed by atoms with Gasteiger partial charge in [0.2, 0.25) is 23.6 Å². The fraction of sp³-hybridized carbons (Fsp3) is 0.421. The fourth-order valence-corrected chi connectivity index (χ4v) is 2.59. The maximum atomic E-state index is 12.6. The molecule has 0 aliphatic heterocycles. The minimum absolute atomic E-state index is 0.0243. The van der Waals surface area contributed by atoms with Crippen LogP contribution in [0.1, 0.15) is 31.2 Å². The second-order valence-corrected chi connectivity index (χ2v) is 6.77. The smallest absolute Gasteiger partial charge is 0.326 e. The molecule has 0 saturated carbocycles. The van der Waals surface area contributed by atoms with E-state index in [2.05, 4.69) is 10.6 Å². The highest BCUT2D eigenvalue weighted by Gasteiger charge is 2.28. The van der Waals surface area contributed by atoms with Crippen LogP contribution in [0.25, 0.3) is 0 Å². The molecular weight excluding hydrogens is 394 g/mol. The van der Waals surface area contributed by atoms with Gasteiger partial charge in [-0.2, -0.15) is 0 Å². The number of benzene rings is 1. The minimum atomic E-state index is -1.26. The molecule has 1 aromatic carbocycles. The van der Waals surface area contributed by atoms with Gasteiger partial charge in [0.05, 0.1) is 6.04 Å². The lowest BCUT2D eigenvalue weighted by Gasteiger charge is -2.22. The van der Waals surface area contributed by atoms with E-state index in [1.165, 1.54) is 0 Å². The second kappa shape index (κ2) is 12.2. The molecule has 0 radical (unpaired) electrons. The molecule has 30 heavy (non-hydrogen) atoms. The fourth-order valence-electron chi connectivity index (χ4n) is 2.59. The topological polar surface area (TPSA) is 208 Å². The minimum Gasteiger partial charge on any atom is -0.480 e. The number of carboxylic acid groups (broad SMARTS) is 1. The lowest BCUT2D eigenvalue weighted by molar-refractivity contribution is -0.142. The summed E-state index contributed by atoms with van der Waals surface area (Å²) in [6.45, 7) is 0. The van der Waals surface area contributed by atoms with Crippen LogP contribution in [0.4, 0.5) is 0 Å². The molecule has 0 bridgehead atoms. The number of amides is 4. The normalized spacial score (nSPS) is 13.5. The molecule has 4 amide bonds. The Morgan fingerprint density at radius 3 is 1.90 bits per heavy atom. The number of rotatable bonds is 13. The van der Waals surface area contributed by atoms with E-state index in [-0.39, 0.29) is 32.1 Å². The number of carboxylic acids is 1. The Morgan fingerprint density at radius 1 is 0.833 bits per heavy atom. The number of carbonyl (C=O) groups is 5. The number of primary amides is 2. The van der Waals surface area contributed by atoms with Crippen LogP contribution in [0.3, 0.4) is 0 Å². The summed E-state index contributed by atoms with van der Waals surface area (Å²) in [6.07, 6.45) is -0.489. The van der Waals surface area contributed by atoms with Crippen molar-refractivity contribution >= 4 is 29.6 Å². The van der Waals surface area contributed by atoms with Gasteiger partial charge in [0, 0.05) is 19.3 Å². The van der Waals surface area contributed by atoms with Crippen molar-refractivity contribution in [2.75, 3.05) is 0 Å². The average molecular weight is 421 g/mol. The van der Waals surface area contributed by atoms with Crippen LogP contribution < -0.4 is 27.8 Å². The van der Waals surface area contributed by atoms with Gasteiger partial charge in [0.15, 0.2) is 0 Å². The van der Waals surface area contributed by atoms with Gasteiger partial charge in [0.1, 0.15) is 12.1 Å². The van der Waals surface area contributed by atoms with E-state index in [1.807, 2.05) is 0 Å². The van der Waals surface area contributed by atoms with Crippen molar-refractivity contribution in [2.24, 2.45) is 17.2 Å². The quantitative estimate of drug-likeness (QED) is 0.214. The molecule has 9 N–H and O–H groups in total. The first-order valence-corrected chi connectivity index (χ1v) is 9.29. The third-order valence-electron chi connectivity index (χ3n) is 4.25. The van der Waals surface area contributed by atoms with Crippen LogP contribution in [-0.4, -0.2) is 52.8 Å². The molecule has 1 rings (SSSR count). The van der Waals surface area contributed by atoms with Gasteiger partial charge in [-0.15, -0.1) is 0 Å². The Morgan fingerprint density at radius 2 is 1.37 bits per heavy atom. The predicted octanol–water partition coefficient (Wildman–Crippen LogP) is -1.86. The van der Waals surface area contributed by atoms with Gasteiger partial charge in [-0.05, 0) is 18.4 Å². The highest BCUT2D eigenvalue weighted by Crippen LogP contribution is 2.06. The second-order valence-electron chi connectivity index (χ2n) is 6.77. The van der Waals surface area contributed by atoms with Gasteiger partial charge < -0.3 is 32.9 Å². The Kier molecular flexibility index (Phi) is 9.97. The van der Waals surface area contributed by atoms with Gasteiger partial charge in [0.25, 0.3) is 0 Å². The summed E-state index contributed by atoms with van der Waals surface area (Å²) >= 11 is 0. The average Bonchev–Trinajstić information content (AvgIpc) is 2.68. The molecule has 3 atom stereocenters. The molecule has 0 heterocycles. The summed E-state index contributed by atoms with van der Waals surface area (Å²) < 4.78 is 0. The molecule has 164 valence electrons. The Hall–Kier alpha value is -3.47. The molecule has 0 aromatic heterocycles. The van der Waals surface area contributed by atoms with E-state index in [1.54, 1.807) is 30.3 Å². The van der Waals surface area contributed by atoms with Crippen LogP contribution in [0, 0.1) is 0 Å². The summed E-state index contributed by atoms with van der Waals surface area (Å²) in [6, 6.07) is 5.08. The number of nitrogens with one attached hydrogen (secondary N) is 2. The van der Waals surface area contributed by atoms with Crippen LogP contribution in [0.2, 0.25) is 0 Å².